The topological polar surface area (TPSA) is 41.8 Å². The first kappa shape index (κ1) is 11.0. The zero-order valence-electron chi connectivity index (χ0n) is 8.35. The van der Waals surface area contributed by atoms with Gasteiger partial charge in [-0.3, -0.25) is 0 Å². The highest BCUT2D eigenvalue weighted by molar-refractivity contribution is 9.10. The number of halogens is 2. The summed E-state index contributed by atoms with van der Waals surface area (Å²) >= 11 is 9.59. The molecule has 0 bridgehead atoms. The molecule has 2 nitrogen and oxygen atoms in total. The molecule has 0 aliphatic heterocycles. The summed E-state index contributed by atoms with van der Waals surface area (Å²) in [5.74, 6) is 0. The fraction of sp³-hybridized carbons (Fsp3) is 0.273. The Morgan fingerprint density at radius 3 is 2.93 bits per heavy atom. The van der Waals surface area contributed by atoms with Crippen LogP contribution in [0.3, 0.4) is 0 Å². The summed E-state index contributed by atoms with van der Waals surface area (Å²) in [5, 5.41) is 1.84. The largest absolute Gasteiger partial charge is 0.345 e. The minimum absolute atomic E-state index is 0.112. The van der Waals surface area contributed by atoms with Crippen LogP contribution in [-0.4, -0.2) is 11.0 Å². The van der Waals surface area contributed by atoms with Crippen molar-refractivity contribution in [1.29, 1.82) is 0 Å². The van der Waals surface area contributed by atoms with Gasteiger partial charge in [0.25, 0.3) is 0 Å². The van der Waals surface area contributed by atoms with Crippen LogP contribution >= 0.6 is 27.5 Å². The second-order valence-electron chi connectivity index (χ2n) is 3.79. The van der Waals surface area contributed by atoms with Gasteiger partial charge in [-0.05, 0) is 37.1 Å². The normalized spacial score (nSPS) is 13.3. The Balaban J connectivity index is 2.60. The van der Waals surface area contributed by atoms with Gasteiger partial charge < -0.3 is 10.7 Å². The fourth-order valence-corrected chi connectivity index (χ4v) is 2.35. The first-order valence-corrected chi connectivity index (χ1v) is 5.96. The number of H-pyrrole nitrogens is 1. The van der Waals surface area contributed by atoms with Gasteiger partial charge in [-0.15, -0.1) is 0 Å². The van der Waals surface area contributed by atoms with Crippen molar-refractivity contribution in [3.8, 4) is 0 Å². The number of hydrogen-bond acceptors (Lipinski definition) is 1. The van der Waals surface area contributed by atoms with Crippen molar-refractivity contribution in [2.24, 2.45) is 5.73 Å². The molecule has 1 heterocycles. The molecule has 0 aliphatic carbocycles. The number of aromatic amines is 1. The third kappa shape index (κ3) is 2.19. The number of rotatable bonds is 2. The van der Waals surface area contributed by atoms with Crippen molar-refractivity contribution in [2.75, 3.05) is 0 Å². The van der Waals surface area contributed by atoms with Crippen molar-refractivity contribution in [2.45, 2.75) is 19.4 Å². The Kier molecular flexibility index (Phi) is 3.05. The first-order valence-electron chi connectivity index (χ1n) is 4.79. The first-order chi connectivity index (χ1) is 7.08. The summed E-state index contributed by atoms with van der Waals surface area (Å²) in [6.45, 7) is 1.98. The standard InChI is InChI=1S/C11H12BrClN2/c1-6(14)4-9-8-5-7(12)2-3-10(8)15-11(9)13/h2-3,5-6,15H,4,14H2,1H3. The molecule has 0 saturated carbocycles. The Labute approximate surface area is 102 Å². The zero-order chi connectivity index (χ0) is 11.0. The smallest absolute Gasteiger partial charge is 0.110 e. The van der Waals surface area contributed by atoms with Crippen LogP contribution in [0.1, 0.15) is 12.5 Å². The molecule has 3 N–H and O–H groups in total. The Morgan fingerprint density at radius 2 is 2.27 bits per heavy atom. The molecule has 1 unspecified atom stereocenters. The lowest BCUT2D eigenvalue weighted by Gasteiger charge is -2.04. The minimum Gasteiger partial charge on any atom is -0.345 e. The molecule has 15 heavy (non-hydrogen) atoms. The quantitative estimate of drug-likeness (QED) is 0.872. The van der Waals surface area contributed by atoms with Crippen LogP contribution in [-0.2, 0) is 6.42 Å². The molecule has 2 rings (SSSR count). The van der Waals surface area contributed by atoms with Gasteiger partial charge in [0.1, 0.15) is 5.15 Å². The van der Waals surface area contributed by atoms with Crippen LogP contribution in [0.15, 0.2) is 22.7 Å². The van der Waals surface area contributed by atoms with Gasteiger partial charge in [0.15, 0.2) is 0 Å². The maximum absolute atomic E-state index is 6.14. The molecule has 0 amide bonds. The van der Waals surface area contributed by atoms with Gasteiger partial charge in [-0.25, -0.2) is 0 Å². The summed E-state index contributed by atoms with van der Waals surface area (Å²) in [4.78, 5) is 3.15. The van der Waals surface area contributed by atoms with E-state index in [0.29, 0.717) is 5.15 Å². The van der Waals surface area contributed by atoms with E-state index in [0.717, 1.165) is 27.4 Å². The summed E-state index contributed by atoms with van der Waals surface area (Å²) in [6.07, 6.45) is 0.787. The number of nitrogens with one attached hydrogen (secondary N) is 1. The van der Waals surface area contributed by atoms with Crippen LogP contribution < -0.4 is 5.73 Å². The molecule has 4 heteroatoms. The molecule has 0 aliphatic rings. The maximum atomic E-state index is 6.14. The summed E-state index contributed by atoms with van der Waals surface area (Å²) in [5.41, 5.74) is 7.95. The van der Waals surface area contributed by atoms with E-state index in [4.69, 9.17) is 17.3 Å². The van der Waals surface area contributed by atoms with Gasteiger partial charge in [0, 0.05) is 21.4 Å². The molecule has 0 saturated heterocycles. The molecule has 0 fully saturated rings. The lowest BCUT2D eigenvalue weighted by atomic mass is 10.1. The van der Waals surface area contributed by atoms with E-state index in [1.54, 1.807) is 0 Å². The summed E-state index contributed by atoms with van der Waals surface area (Å²) in [6, 6.07) is 6.18. The minimum atomic E-state index is 0.112. The lowest BCUT2D eigenvalue weighted by Crippen LogP contribution is -2.17. The van der Waals surface area contributed by atoms with E-state index in [1.807, 2.05) is 19.1 Å². The number of hydrogen-bond donors (Lipinski definition) is 2. The van der Waals surface area contributed by atoms with Gasteiger partial charge in [0.05, 0.1) is 0 Å². The van der Waals surface area contributed by atoms with Gasteiger partial charge in [-0.1, -0.05) is 27.5 Å². The number of nitrogens with two attached hydrogens (primary N) is 1. The number of fused-ring (bicyclic) bond motifs is 1. The van der Waals surface area contributed by atoms with Gasteiger partial charge in [-0.2, -0.15) is 0 Å². The highest BCUT2D eigenvalue weighted by atomic mass is 79.9. The molecule has 0 spiro atoms. The van der Waals surface area contributed by atoms with Crippen molar-refractivity contribution >= 4 is 38.4 Å². The van der Waals surface area contributed by atoms with Crippen molar-refractivity contribution in [3.63, 3.8) is 0 Å². The Hall–Kier alpha value is -0.510. The number of aromatic nitrogens is 1. The highest BCUT2D eigenvalue weighted by Crippen LogP contribution is 2.29. The molecule has 1 atom stereocenters. The fourth-order valence-electron chi connectivity index (χ4n) is 1.71. The average molecular weight is 288 g/mol. The zero-order valence-corrected chi connectivity index (χ0v) is 10.7. The second-order valence-corrected chi connectivity index (χ2v) is 5.08. The van der Waals surface area contributed by atoms with Crippen molar-refractivity contribution in [1.82, 2.24) is 4.98 Å². The van der Waals surface area contributed by atoms with E-state index >= 15 is 0 Å². The Bertz CT molecular complexity index is 491. The van der Waals surface area contributed by atoms with E-state index < -0.39 is 0 Å². The maximum Gasteiger partial charge on any atom is 0.110 e. The van der Waals surface area contributed by atoms with Crippen molar-refractivity contribution < 1.29 is 0 Å². The monoisotopic (exact) mass is 286 g/mol. The lowest BCUT2D eigenvalue weighted by molar-refractivity contribution is 0.741. The van der Waals surface area contributed by atoms with Gasteiger partial charge in [0.2, 0.25) is 0 Å². The molecule has 2 aromatic rings. The molecular weight excluding hydrogens is 275 g/mol. The molecule has 1 aromatic carbocycles. The van der Waals surface area contributed by atoms with Crippen molar-refractivity contribution in [3.05, 3.63) is 33.4 Å². The third-order valence-corrected chi connectivity index (χ3v) is 3.16. The van der Waals surface area contributed by atoms with Crippen LogP contribution in [0.5, 0.6) is 0 Å². The second kappa shape index (κ2) is 4.16. The molecule has 0 radical (unpaired) electrons. The average Bonchev–Trinajstić information content (AvgIpc) is 2.43. The van der Waals surface area contributed by atoms with Crippen LogP contribution in [0, 0.1) is 0 Å². The Morgan fingerprint density at radius 1 is 1.53 bits per heavy atom. The van der Waals surface area contributed by atoms with E-state index in [1.165, 1.54) is 0 Å². The predicted molar refractivity (Wildman–Crippen MR) is 68.4 cm³/mol. The summed E-state index contributed by atoms with van der Waals surface area (Å²) in [7, 11) is 0. The van der Waals surface area contributed by atoms with Gasteiger partial charge >= 0.3 is 0 Å². The highest BCUT2D eigenvalue weighted by Gasteiger charge is 2.11. The molecule has 1 aromatic heterocycles. The van der Waals surface area contributed by atoms with Crippen LogP contribution in [0.4, 0.5) is 0 Å². The SMILES string of the molecule is CC(N)Cc1c(Cl)[nH]c2ccc(Br)cc12. The molecule has 80 valence electrons. The van der Waals surface area contributed by atoms with E-state index in [-0.39, 0.29) is 6.04 Å². The van der Waals surface area contributed by atoms with Crippen LogP contribution in [0.25, 0.3) is 10.9 Å². The predicted octanol–water partition coefficient (Wildman–Crippen LogP) is 3.47. The third-order valence-electron chi connectivity index (χ3n) is 2.34. The molecular formula is C11H12BrClN2. The number of benzene rings is 1. The summed E-state index contributed by atoms with van der Waals surface area (Å²) < 4.78 is 1.05. The van der Waals surface area contributed by atoms with Crippen LogP contribution in [0.2, 0.25) is 5.15 Å². The van der Waals surface area contributed by atoms with E-state index in [9.17, 15) is 0 Å². The van der Waals surface area contributed by atoms with E-state index in [2.05, 4.69) is 27.0 Å².